The average Bonchev–Trinajstić information content (AvgIpc) is 3.24. The summed E-state index contributed by atoms with van der Waals surface area (Å²) in [7, 11) is 0. The number of para-hydroxylation sites is 2. The number of carbonyl (C=O) groups excluding carboxylic acids is 2. The molecule has 1 aromatic heterocycles. The molecule has 3 rings (SSSR count). The van der Waals surface area contributed by atoms with Gasteiger partial charge in [0.05, 0.1) is 17.5 Å². The molecule has 1 saturated carbocycles. The van der Waals surface area contributed by atoms with Gasteiger partial charge in [0.2, 0.25) is 0 Å². The molecule has 0 unspecified atom stereocenters. The van der Waals surface area contributed by atoms with Crippen LogP contribution >= 0.6 is 0 Å². The van der Waals surface area contributed by atoms with Crippen LogP contribution in [0.1, 0.15) is 64.5 Å². The fourth-order valence-electron chi connectivity index (χ4n) is 3.87. The average molecular weight is 414 g/mol. The molecule has 1 fully saturated rings. The van der Waals surface area contributed by atoms with E-state index in [1.54, 1.807) is 11.5 Å². The molecule has 30 heavy (non-hydrogen) atoms. The summed E-state index contributed by atoms with van der Waals surface area (Å²) in [5.74, 6) is -0.764. The molecule has 7 nitrogen and oxygen atoms in total. The van der Waals surface area contributed by atoms with Crippen molar-refractivity contribution in [1.82, 2.24) is 14.9 Å². The molecule has 0 aliphatic heterocycles. The number of ether oxygens (including phenoxy) is 1. The quantitative estimate of drug-likeness (QED) is 0.638. The van der Waals surface area contributed by atoms with E-state index in [9.17, 15) is 14.4 Å². The second kappa shape index (κ2) is 10.4. The lowest BCUT2D eigenvalue weighted by atomic mass is 10.2. The van der Waals surface area contributed by atoms with E-state index in [1.165, 1.54) is 0 Å². The zero-order valence-corrected chi connectivity index (χ0v) is 17.9. The number of carbonyl (C=O) groups is 2. The Balaban J connectivity index is 1.63. The summed E-state index contributed by atoms with van der Waals surface area (Å²) in [5, 5.41) is 2.93. The molecule has 0 saturated heterocycles. The molecule has 1 amide bonds. The van der Waals surface area contributed by atoms with Crippen LogP contribution in [0.3, 0.4) is 0 Å². The molecule has 1 aliphatic rings. The van der Waals surface area contributed by atoms with Crippen LogP contribution in [0.2, 0.25) is 0 Å². The third-order valence-electron chi connectivity index (χ3n) is 5.60. The normalized spacial score (nSPS) is 15.3. The minimum absolute atomic E-state index is 0.00933. The molecule has 0 bridgehead atoms. The summed E-state index contributed by atoms with van der Waals surface area (Å²) in [6.07, 6.45) is 5.41. The maximum atomic E-state index is 12.9. The van der Waals surface area contributed by atoms with Crippen molar-refractivity contribution >= 4 is 22.9 Å². The number of esters is 1. The van der Waals surface area contributed by atoms with Gasteiger partial charge < -0.3 is 14.6 Å². The van der Waals surface area contributed by atoms with Gasteiger partial charge in [-0.05, 0) is 38.3 Å². The van der Waals surface area contributed by atoms with Gasteiger partial charge in [0, 0.05) is 19.0 Å². The smallest absolute Gasteiger partial charge is 0.306 e. The van der Waals surface area contributed by atoms with Gasteiger partial charge in [-0.25, -0.2) is 4.98 Å². The molecule has 0 radical (unpaired) electrons. The third-order valence-corrected chi connectivity index (χ3v) is 5.60. The monoisotopic (exact) mass is 413 g/mol. The van der Waals surface area contributed by atoms with Crippen molar-refractivity contribution in [3.63, 3.8) is 0 Å². The number of hydrogen-bond acceptors (Lipinski definition) is 5. The van der Waals surface area contributed by atoms with Crippen molar-refractivity contribution in [2.45, 2.75) is 83.9 Å². The molecule has 1 atom stereocenters. The van der Waals surface area contributed by atoms with Gasteiger partial charge in [-0.15, -0.1) is 0 Å². The SMILES string of the molecule is CCCCn1c(=O)c(CCC(=O)O[C@H](C)C(=O)NC2CCCC2)nc2ccccc21. The van der Waals surface area contributed by atoms with Gasteiger partial charge in [0.1, 0.15) is 5.69 Å². The van der Waals surface area contributed by atoms with E-state index in [-0.39, 0.29) is 30.3 Å². The Labute approximate surface area is 176 Å². The number of rotatable bonds is 9. The lowest BCUT2D eigenvalue weighted by Crippen LogP contribution is -2.40. The number of unbranched alkanes of at least 4 members (excludes halogenated alkanes) is 1. The van der Waals surface area contributed by atoms with E-state index in [4.69, 9.17) is 4.74 Å². The number of nitrogens with one attached hydrogen (secondary N) is 1. The van der Waals surface area contributed by atoms with Gasteiger partial charge in [-0.2, -0.15) is 0 Å². The number of benzene rings is 1. The lowest BCUT2D eigenvalue weighted by molar-refractivity contribution is -0.155. The molecule has 7 heteroatoms. The Morgan fingerprint density at radius 2 is 2.00 bits per heavy atom. The first-order valence-electron chi connectivity index (χ1n) is 11.0. The van der Waals surface area contributed by atoms with E-state index < -0.39 is 12.1 Å². The Morgan fingerprint density at radius 3 is 2.73 bits per heavy atom. The van der Waals surface area contributed by atoms with Gasteiger partial charge in [0.25, 0.3) is 11.5 Å². The van der Waals surface area contributed by atoms with Gasteiger partial charge in [0.15, 0.2) is 6.10 Å². The highest BCUT2D eigenvalue weighted by Gasteiger charge is 2.23. The first-order chi connectivity index (χ1) is 14.5. The first-order valence-corrected chi connectivity index (χ1v) is 11.0. The van der Waals surface area contributed by atoms with Crippen molar-refractivity contribution in [2.24, 2.45) is 0 Å². The van der Waals surface area contributed by atoms with Crippen LogP contribution in [0.25, 0.3) is 11.0 Å². The molecule has 1 aliphatic carbocycles. The van der Waals surface area contributed by atoms with Crippen molar-refractivity contribution in [2.75, 3.05) is 0 Å². The highest BCUT2D eigenvalue weighted by Crippen LogP contribution is 2.18. The number of hydrogen-bond donors (Lipinski definition) is 1. The summed E-state index contributed by atoms with van der Waals surface area (Å²) in [6, 6.07) is 7.71. The molecule has 1 N–H and O–H groups in total. The largest absolute Gasteiger partial charge is 0.453 e. The Kier molecular flexibility index (Phi) is 7.60. The Bertz CT molecular complexity index is 947. The van der Waals surface area contributed by atoms with Crippen molar-refractivity contribution in [3.05, 3.63) is 40.3 Å². The number of nitrogens with zero attached hydrogens (tertiary/aromatic N) is 2. The summed E-state index contributed by atoms with van der Waals surface area (Å²) in [5.41, 5.74) is 1.73. The van der Waals surface area contributed by atoms with Crippen LogP contribution in [0.5, 0.6) is 0 Å². The molecule has 162 valence electrons. The second-order valence-electron chi connectivity index (χ2n) is 7.98. The molecule has 1 aromatic carbocycles. The predicted octanol–water partition coefficient (Wildman–Crippen LogP) is 3.12. The van der Waals surface area contributed by atoms with E-state index in [0.717, 1.165) is 49.6 Å². The summed E-state index contributed by atoms with van der Waals surface area (Å²) >= 11 is 0. The number of amides is 1. The van der Waals surface area contributed by atoms with Crippen LogP contribution < -0.4 is 10.9 Å². The van der Waals surface area contributed by atoms with E-state index in [2.05, 4.69) is 17.2 Å². The zero-order valence-electron chi connectivity index (χ0n) is 17.9. The minimum Gasteiger partial charge on any atom is -0.453 e. The fraction of sp³-hybridized carbons (Fsp3) is 0.565. The predicted molar refractivity (Wildman–Crippen MR) is 115 cm³/mol. The molecule has 0 spiro atoms. The van der Waals surface area contributed by atoms with Crippen molar-refractivity contribution < 1.29 is 14.3 Å². The topological polar surface area (TPSA) is 90.3 Å². The standard InChI is InChI=1S/C23H31N3O4/c1-3-4-15-26-20-12-8-7-11-18(20)25-19(23(26)29)13-14-21(27)30-16(2)22(28)24-17-9-5-6-10-17/h7-8,11-12,16-17H,3-6,9-10,13-15H2,1-2H3,(H,24,28)/t16-/m1/s1. The first kappa shape index (κ1) is 22.0. The Morgan fingerprint density at radius 1 is 1.27 bits per heavy atom. The summed E-state index contributed by atoms with van der Waals surface area (Å²) in [6.45, 7) is 4.28. The molecular weight excluding hydrogens is 382 g/mol. The third kappa shape index (κ3) is 5.46. The van der Waals surface area contributed by atoms with E-state index >= 15 is 0 Å². The minimum atomic E-state index is -0.844. The fourth-order valence-corrected chi connectivity index (χ4v) is 3.87. The van der Waals surface area contributed by atoms with Crippen LogP contribution in [-0.4, -0.2) is 33.6 Å². The van der Waals surface area contributed by atoms with E-state index in [1.807, 2.05) is 24.3 Å². The zero-order chi connectivity index (χ0) is 21.5. The van der Waals surface area contributed by atoms with Gasteiger partial charge >= 0.3 is 5.97 Å². The Hall–Kier alpha value is -2.70. The second-order valence-corrected chi connectivity index (χ2v) is 7.98. The van der Waals surface area contributed by atoms with E-state index in [0.29, 0.717) is 12.2 Å². The summed E-state index contributed by atoms with van der Waals surface area (Å²) in [4.78, 5) is 41.8. The highest BCUT2D eigenvalue weighted by molar-refractivity contribution is 5.83. The van der Waals surface area contributed by atoms with Crippen molar-refractivity contribution in [1.29, 1.82) is 0 Å². The van der Waals surface area contributed by atoms with Gasteiger partial charge in [-0.1, -0.05) is 38.3 Å². The van der Waals surface area contributed by atoms with Crippen LogP contribution in [0, 0.1) is 0 Å². The maximum absolute atomic E-state index is 12.9. The molecule has 2 aromatic rings. The maximum Gasteiger partial charge on any atom is 0.306 e. The number of fused-ring (bicyclic) bond motifs is 1. The highest BCUT2D eigenvalue weighted by atomic mass is 16.5. The molecule has 1 heterocycles. The van der Waals surface area contributed by atoms with Crippen LogP contribution in [-0.2, 0) is 27.3 Å². The lowest BCUT2D eigenvalue weighted by Gasteiger charge is -2.17. The number of aromatic nitrogens is 2. The summed E-state index contributed by atoms with van der Waals surface area (Å²) < 4.78 is 7.02. The molecular formula is C23H31N3O4. The van der Waals surface area contributed by atoms with Crippen LogP contribution in [0.15, 0.2) is 29.1 Å². The van der Waals surface area contributed by atoms with Crippen molar-refractivity contribution in [3.8, 4) is 0 Å². The van der Waals surface area contributed by atoms with Gasteiger partial charge in [-0.3, -0.25) is 14.4 Å². The van der Waals surface area contributed by atoms with Crippen LogP contribution in [0.4, 0.5) is 0 Å². The number of aryl methyl sites for hydroxylation is 2.